The highest BCUT2D eigenvalue weighted by Crippen LogP contribution is 2.32. The van der Waals surface area contributed by atoms with E-state index in [1.54, 1.807) is 10.9 Å². The average Bonchev–Trinajstić information content (AvgIpc) is 3.11. The largest absolute Gasteiger partial charge is 0.476 e. The zero-order chi connectivity index (χ0) is 21.2. The highest BCUT2D eigenvalue weighted by Gasteiger charge is 2.32. The van der Waals surface area contributed by atoms with E-state index in [1.165, 1.54) is 6.07 Å². The molecule has 0 aliphatic heterocycles. The van der Waals surface area contributed by atoms with E-state index in [0.717, 1.165) is 31.0 Å². The number of carbonyl (C=O) groups is 2. The second kappa shape index (κ2) is 8.44. The summed E-state index contributed by atoms with van der Waals surface area (Å²) in [6, 6.07) is 3.96. The second-order valence-corrected chi connectivity index (χ2v) is 7.52. The molecular formula is C19H19ClF3N3O3. The van der Waals surface area contributed by atoms with Crippen LogP contribution in [-0.2, 0) is 12.7 Å². The monoisotopic (exact) mass is 429 g/mol. The van der Waals surface area contributed by atoms with Crippen LogP contribution in [-0.4, -0.2) is 32.8 Å². The molecule has 10 heteroatoms. The van der Waals surface area contributed by atoms with E-state index in [-0.39, 0.29) is 28.2 Å². The van der Waals surface area contributed by atoms with E-state index in [0.29, 0.717) is 19.4 Å². The van der Waals surface area contributed by atoms with Gasteiger partial charge in [0.25, 0.3) is 5.91 Å². The number of carboxylic acid groups (broad SMARTS) is 1. The molecule has 1 aliphatic rings. The summed E-state index contributed by atoms with van der Waals surface area (Å²) in [6.45, 7) is 0.577. The van der Waals surface area contributed by atoms with Crippen molar-refractivity contribution >= 4 is 23.5 Å². The van der Waals surface area contributed by atoms with Crippen LogP contribution in [0.15, 0.2) is 30.5 Å². The maximum absolute atomic E-state index is 12.9. The minimum absolute atomic E-state index is 0.0103. The lowest BCUT2D eigenvalue weighted by Gasteiger charge is -2.29. The van der Waals surface area contributed by atoms with Gasteiger partial charge in [-0.15, -0.1) is 0 Å². The van der Waals surface area contributed by atoms with Crippen molar-refractivity contribution in [2.45, 2.75) is 44.4 Å². The zero-order valence-electron chi connectivity index (χ0n) is 15.2. The fourth-order valence-corrected chi connectivity index (χ4v) is 3.67. The number of aromatic carboxylic acids is 1. The molecule has 3 rings (SSSR count). The van der Waals surface area contributed by atoms with Crippen LogP contribution in [0.4, 0.5) is 13.2 Å². The predicted molar refractivity (Wildman–Crippen MR) is 98.9 cm³/mol. The molecule has 1 aromatic carbocycles. The van der Waals surface area contributed by atoms with Gasteiger partial charge < -0.3 is 10.4 Å². The van der Waals surface area contributed by atoms with Gasteiger partial charge in [0, 0.05) is 18.8 Å². The molecule has 0 atom stereocenters. The van der Waals surface area contributed by atoms with Gasteiger partial charge in [-0.25, -0.2) is 4.79 Å². The molecule has 1 fully saturated rings. The van der Waals surface area contributed by atoms with Crippen molar-refractivity contribution < 1.29 is 27.9 Å². The summed E-state index contributed by atoms with van der Waals surface area (Å²) in [5.74, 6) is -1.42. The average molecular weight is 430 g/mol. The topological polar surface area (TPSA) is 84.2 Å². The third kappa shape index (κ3) is 5.29. The molecular weight excluding hydrogens is 411 g/mol. The Hall–Kier alpha value is -2.55. The molecule has 6 nitrogen and oxygen atoms in total. The van der Waals surface area contributed by atoms with E-state index in [9.17, 15) is 22.8 Å². The summed E-state index contributed by atoms with van der Waals surface area (Å²) >= 11 is 5.92. The van der Waals surface area contributed by atoms with Crippen molar-refractivity contribution in [2.24, 2.45) is 5.92 Å². The van der Waals surface area contributed by atoms with Crippen molar-refractivity contribution in [3.05, 3.63) is 52.3 Å². The minimum Gasteiger partial charge on any atom is -0.476 e. The molecule has 1 aliphatic carbocycles. The number of amides is 1. The Morgan fingerprint density at radius 3 is 2.48 bits per heavy atom. The highest BCUT2D eigenvalue weighted by atomic mass is 35.5. The molecule has 0 spiro atoms. The summed E-state index contributed by atoms with van der Waals surface area (Å²) in [6.07, 6.45) is -0.0369. The third-order valence-corrected chi connectivity index (χ3v) is 5.35. The van der Waals surface area contributed by atoms with Gasteiger partial charge in [-0.2, -0.15) is 18.3 Å². The maximum atomic E-state index is 12.9. The zero-order valence-corrected chi connectivity index (χ0v) is 16.0. The van der Waals surface area contributed by atoms with Crippen LogP contribution in [0.5, 0.6) is 0 Å². The first-order valence-corrected chi connectivity index (χ1v) is 9.45. The minimum atomic E-state index is -4.55. The van der Waals surface area contributed by atoms with E-state index in [4.69, 9.17) is 16.7 Å². The highest BCUT2D eigenvalue weighted by molar-refractivity contribution is 6.33. The summed E-state index contributed by atoms with van der Waals surface area (Å²) < 4.78 is 40.2. The molecule has 1 amide bonds. The number of hydrogen-bond acceptors (Lipinski definition) is 3. The fraction of sp³-hybridized carbons (Fsp3) is 0.421. The number of rotatable bonds is 5. The summed E-state index contributed by atoms with van der Waals surface area (Å²) in [5, 5.41) is 15.6. The van der Waals surface area contributed by atoms with Gasteiger partial charge >= 0.3 is 12.1 Å². The van der Waals surface area contributed by atoms with Gasteiger partial charge in [0.05, 0.1) is 16.1 Å². The van der Waals surface area contributed by atoms with Crippen molar-refractivity contribution in [1.82, 2.24) is 15.1 Å². The Kier molecular flexibility index (Phi) is 6.16. The van der Waals surface area contributed by atoms with Crippen molar-refractivity contribution in [1.29, 1.82) is 0 Å². The van der Waals surface area contributed by atoms with E-state index in [1.807, 2.05) is 0 Å². The lowest BCUT2D eigenvalue weighted by atomic mass is 9.86. The lowest BCUT2D eigenvalue weighted by Crippen LogP contribution is -2.38. The van der Waals surface area contributed by atoms with E-state index < -0.39 is 23.6 Å². The maximum Gasteiger partial charge on any atom is 0.416 e. The molecule has 29 heavy (non-hydrogen) atoms. The third-order valence-electron chi connectivity index (χ3n) is 5.03. The molecule has 156 valence electrons. The standard InChI is InChI=1S/C19H19ClF3N3O3/c20-15-6-3-12(19(21,22)23)9-14(15)17(27)24-13-4-1-11(2-5-13)10-26-8-7-16(25-26)18(28)29/h3,6-9,11,13H,1-2,4-5,10H2,(H,24,27)(H,28,29). The van der Waals surface area contributed by atoms with Crippen LogP contribution < -0.4 is 5.32 Å². The Morgan fingerprint density at radius 1 is 1.21 bits per heavy atom. The van der Waals surface area contributed by atoms with Crippen molar-refractivity contribution in [2.75, 3.05) is 0 Å². The van der Waals surface area contributed by atoms with Gasteiger partial charge in [-0.05, 0) is 55.9 Å². The number of nitrogens with zero attached hydrogens (tertiary/aromatic N) is 2. The normalized spacial score (nSPS) is 19.7. The van der Waals surface area contributed by atoms with Crippen LogP contribution in [0.1, 0.15) is 52.1 Å². The number of carbonyl (C=O) groups excluding carboxylic acids is 1. The quantitative estimate of drug-likeness (QED) is 0.744. The molecule has 2 aromatic rings. The van der Waals surface area contributed by atoms with Crippen LogP contribution in [0, 0.1) is 5.92 Å². The lowest BCUT2D eigenvalue weighted by molar-refractivity contribution is -0.137. The molecule has 1 aromatic heterocycles. The second-order valence-electron chi connectivity index (χ2n) is 7.11. The van der Waals surface area contributed by atoms with E-state index in [2.05, 4.69) is 10.4 Å². The number of alkyl halides is 3. The summed E-state index contributed by atoms with van der Waals surface area (Å²) in [5.41, 5.74) is -1.12. The van der Waals surface area contributed by atoms with Crippen molar-refractivity contribution in [3.63, 3.8) is 0 Å². The van der Waals surface area contributed by atoms with Crippen LogP contribution in [0.3, 0.4) is 0 Å². The van der Waals surface area contributed by atoms with Gasteiger partial charge in [-0.3, -0.25) is 9.48 Å². The first kappa shape index (κ1) is 21.2. The van der Waals surface area contributed by atoms with Crippen LogP contribution >= 0.6 is 11.6 Å². The van der Waals surface area contributed by atoms with Gasteiger partial charge in [0.2, 0.25) is 0 Å². The number of nitrogens with one attached hydrogen (secondary N) is 1. The Balaban J connectivity index is 1.55. The number of hydrogen-bond donors (Lipinski definition) is 2. The molecule has 0 bridgehead atoms. The number of carboxylic acids is 1. The predicted octanol–water partition coefficient (Wildman–Crippen LogP) is 4.24. The molecule has 2 N–H and O–H groups in total. The van der Waals surface area contributed by atoms with Crippen LogP contribution in [0.25, 0.3) is 0 Å². The molecule has 0 radical (unpaired) electrons. The van der Waals surface area contributed by atoms with Gasteiger partial charge in [0.15, 0.2) is 5.69 Å². The summed E-state index contributed by atoms with van der Waals surface area (Å²) in [7, 11) is 0. The number of halogens is 4. The van der Waals surface area contributed by atoms with E-state index >= 15 is 0 Å². The Bertz CT molecular complexity index is 906. The Morgan fingerprint density at radius 2 is 1.90 bits per heavy atom. The van der Waals surface area contributed by atoms with Crippen LogP contribution in [0.2, 0.25) is 5.02 Å². The number of aromatic nitrogens is 2. The Labute approximate surface area is 169 Å². The van der Waals surface area contributed by atoms with Gasteiger partial charge in [-0.1, -0.05) is 11.6 Å². The SMILES string of the molecule is O=C(O)c1ccn(CC2CCC(NC(=O)c3cc(C(F)(F)F)ccc3Cl)CC2)n1. The molecule has 1 saturated carbocycles. The molecule has 0 saturated heterocycles. The summed E-state index contributed by atoms with van der Waals surface area (Å²) in [4.78, 5) is 23.3. The fourth-order valence-electron chi connectivity index (χ4n) is 3.47. The molecule has 0 unspecified atom stereocenters. The van der Waals surface area contributed by atoms with Crippen molar-refractivity contribution in [3.8, 4) is 0 Å². The van der Waals surface area contributed by atoms with Gasteiger partial charge in [0.1, 0.15) is 0 Å². The molecule has 1 heterocycles. The first-order chi connectivity index (χ1) is 13.6. The first-order valence-electron chi connectivity index (χ1n) is 9.08. The smallest absolute Gasteiger partial charge is 0.416 e. The number of benzene rings is 1.